The second-order valence-corrected chi connectivity index (χ2v) is 6.14. The van der Waals surface area contributed by atoms with Crippen molar-refractivity contribution in [2.24, 2.45) is 0 Å². The van der Waals surface area contributed by atoms with Crippen LogP contribution in [0.1, 0.15) is 38.5 Å². The average molecular weight is 306 g/mol. The van der Waals surface area contributed by atoms with Gasteiger partial charge >= 0.3 is 0 Å². The molecule has 3 nitrogen and oxygen atoms in total. The topological polar surface area (TPSA) is 52.5 Å². The third kappa shape index (κ3) is 2.75. The summed E-state index contributed by atoms with van der Waals surface area (Å²) in [7, 11) is 0. The molecule has 0 aromatic heterocycles. The predicted molar refractivity (Wildman–Crippen MR) is 87.4 cm³/mol. The molecule has 0 saturated heterocycles. The number of hydrogen-bond donors (Lipinski definition) is 3. The van der Waals surface area contributed by atoms with Crippen molar-refractivity contribution in [2.45, 2.75) is 44.6 Å². The van der Waals surface area contributed by atoms with Crippen LogP contribution in [0, 0.1) is 0 Å². The molecule has 4 heteroatoms. The van der Waals surface area contributed by atoms with E-state index in [1.165, 1.54) is 25.7 Å². The van der Waals surface area contributed by atoms with Gasteiger partial charge in [0.15, 0.2) is 0 Å². The van der Waals surface area contributed by atoms with E-state index >= 15 is 0 Å². The summed E-state index contributed by atoms with van der Waals surface area (Å²) < 4.78 is 0. The highest BCUT2D eigenvalue weighted by atomic mass is 35.5. The molecule has 0 heterocycles. The average Bonchev–Trinajstić information content (AvgIpc) is 2.78. The van der Waals surface area contributed by atoms with Gasteiger partial charge in [0.2, 0.25) is 0 Å². The Balaban J connectivity index is 2.01. The van der Waals surface area contributed by atoms with Gasteiger partial charge in [-0.2, -0.15) is 0 Å². The van der Waals surface area contributed by atoms with Crippen molar-refractivity contribution in [3.05, 3.63) is 29.3 Å². The first-order valence-corrected chi connectivity index (χ1v) is 7.95. The number of phenolic OH excluding ortho intramolecular Hbond substituents is 2. The normalized spacial score (nSPS) is 16.8. The van der Waals surface area contributed by atoms with Gasteiger partial charge in [0.05, 0.1) is 0 Å². The van der Waals surface area contributed by atoms with Crippen molar-refractivity contribution >= 4 is 28.1 Å². The first kappa shape index (κ1) is 14.3. The van der Waals surface area contributed by atoms with Gasteiger partial charge in [-0.3, -0.25) is 0 Å². The van der Waals surface area contributed by atoms with Crippen LogP contribution in [-0.2, 0) is 0 Å². The van der Waals surface area contributed by atoms with Crippen molar-refractivity contribution in [2.75, 3.05) is 5.32 Å². The quantitative estimate of drug-likeness (QED) is 0.414. The molecule has 3 rings (SSSR count). The molecule has 0 bridgehead atoms. The van der Waals surface area contributed by atoms with Crippen molar-refractivity contribution < 1.29 is 10.2 Å². The number of benzene rings is 2. The van der Waals surface area contributed by atoms with E-state index in [2.05, 4.69) is 5.32 Å². The molecular formula is C17H20ClNO2. The zero-order valence-electron chi connectivity index (χ0n) is 11.9. The summed E-state index contributed by atoms with van der Waals surface area (Å²) in [5.74, 6) is 0.152. The van der Waals surface area contributed by atoms with Crippen LogP contribution in [0.5, 0.6) is 11.5 Å². The van der Waals surface area contributed by atoms with Crippen molar-refractivity contribution in [1.82, 2.24) is 0 Å². The van der Waals surface area contributed by atoms with E-state index in [1.807, 2.05) is 12.1 Å². The number of rotatable bonds is 2. The molecule has 2 aromatic rings. The summed E-state index contributed by atoms with van der Waals surface area (Å²) in [5, 5.41) is 25.5. The Morgan fingerprint density at radius 3 is 2.10 bits per heavy atom. The lowest BCUT2D eigenvalue weighted by Gasteiger charge is -2.21. The largest absolute Gasteiger partial charge is 0.506 e. The number of phenols is 2. The second-order valence-electron chi connectivity index (χ2n) is 5.76. The summed E-state index contributed by atoms with van der Waals surface area (Å²) in [6.45, 7) is 0. The van der Waals surface area contributed by atoms with Gasteiger partial charge in [-0.1, -0.05) is 61.5 Å². The Bertz CT molecular complexity index is 649. The molecule has 1 fully saturated rings. The lowest BCUT2D eigenvalue weighted by Crippen LogP contribution is -2.18. The maximum Gasteiger partial charge on any atom is 0.148 e. The van der Waals surface area contributed by atoms with Crippen LogP contribution in [0.25, 0.3) is 10.8 Å². The summed E-state index contributed by atoms with van der Waals surface area (Å²) in [4.78, 5) is 0. The molecule has 2 aromatic carbocycles. The Morgan fingerprint density at radius 2 is 1.48 bits per heavy atom. The number of hydrogen-bond acceptors (Lipinski definition) is 3. The lowest BCUT2D eigenvalue weighted by molar-refractivity contribution is 0.470. The van der Waals surface area contributed by atoms with Crippen molar-refractivity contribution in [3.63, 3.8) is 0 Å². The summed E-state index contributed by atoms with van der Waals surface area (Å²) >= 11 is 6.27. The Hall–Kier alpha value is -1.61. The lowest BCUT2D eigenvalue weighted by atomic mass is 10.0. The predicted octanol–water partition coefficient (Wildman–Crippen LogP) is 5.04. The SMILES string of the molecule is Oc1c(Cl)c(NC2CCCCCC2)c(O)c2ccccc12. The van der Waals surface area contributed by atoms with Gasteiger partial charge in [-0.15, -0.1) is 0 Å². The minimum Gasteiger partial charge on any atom is -0.506 e. The molecule has 3 N–H and O–H groups in total. The molecule has 0 unspecified atom stereocenters. The first-order valence-electron chi connectivity index (χ1n) is 7.57. The maximum atomic E-state index is 10.5. The highest BCUT2D eigenvalue weighted by molar-refractivity contribution is 6.36. The van der Waals surface area contributed by atoms with Crippen LogP contribution in [0.15, 0.2) is 24.3 Å². The zero-order chi connectivity index (χ0) is 14.8. The van der Waals surface area contributed by atoms with Crippen LogP contribution in [0.4, 0.5) is 5.69 Å². The number of halogens is 1. The molecule has 0 spiro atoms. The molecule has 1 aliphatic rings. The van der Waals surface area contributed by atoms with Gasteiger partial charge in [0.25, 0.3) is 0 Å². The highest BCUT2D eigenvalue weighted by Crippen LogP contribution is 2.46. The molecule has 0 aliphatic heterocycles. The van der Waals surface area contributed by atoms with E-state index in [-0.39, 0.29) is 16.5 Å². The molecule has 0 amide bonds. The summed E-state index contributed by atoms with van der Waals surface area (Å²) in [5.41, 5.74) is 0.458. The first-order chi connectivity index (χ1) is 10.2. The van der Waals surface area contributed by atoms with Crippen LogP contribution < -0.4 is 5.32 Å². The fraction of sp³-hybridized carbons (Fsp3) is 0.412. The van der Waals surface area contributed by atoms with E-state index in [1.54, 1.807) is 12.1 Å². The molecule has 21 heavy (non-hydrogen) atoms. The molecule has 0 atom stereocenters. The van der Waals surface area contributed by atoms with E-state index in [0.717, 1.165) is 12.8 Å². The van der Waals surface area contributed by atoms with E-state index in [4.69, 9.17) is 11.6 Å². The van der Waals surface area contributed by atoms with E-state index in [0.29, 0.717) is 22.5 Å². The van der Waals surface area contributed by atoms with Gasteiger partial charge < -0.3 is 15.5 Å². The Morgan fingerprint density at radius 1 is 0.905 bits per heavy atom. The minimum atomic E-state index is 0.0289. The van der Waals surface area contributed by atoms with Crippen molar-refractivity contribution in [1.29, 1.82) is 0 Å². The van der Waals surface area contributed by atoms with E-state index < -0.39 is 0 Å². The maximum absolute atomic E-state index is 10.5. The van der Waals surface area contributed by atoms with Crippen LogP contribution in [-0.4, -0.2) is 16.3 Å². The van der Waals surface area contributed by atoms with Crippen molar-refractivity contribution in [3.8, 4) is 11.5 Å². The highest BCUT2D eigenvalue weighted by Gasteiger charge is 2.20. The van der Waals surface area contributed by atoms with Gasteiger partial charge in [-0.25, -0.2) is 0 Å². The fourth-order valence-corrected chi connectivity index (χ4v) is 3.38. The number of aromatic hydroxyl groups is 2. The third-order valence-corrected chi connectivity index (χ3v) is 4.67. The standard InChI is InChI=1S/C17H20ClNO2/c18-14-15(19-11-7-3-1-2-4-8-11)17(21)13-10-6-5-9-12(13)16(14)20/h5-6,9-11,19-21H,1-4,7-8H2. The Labute approximate surface area is 129 Å². The Kier molecular flexibility index (Phi) is 4.11. The molecular weight excluding hydrogens is 286 g/mol. The van der Waals surface area contributed by atoms with Crippen LogP contribution >= 0.6 is 11.6 Å². The number of anilines is 1. The monoisotopic (exact) mass is 305 g/mol. The number of nitrogens with one attached hydrogen (secondary N) is 1. The fourth-order valence-electron chi connectivity index (χ4n) is 3.13. The molecule has 1 aliphatic carbocycles. The molecule has 112 valence electrons. The minimum absolute atomic E-state index is 0.0289. The molecule has 0 radical (unpaired) electrons. The number of fused-ring (bicyclic) bond motifs is 1. The zero-order valence-corrected chi connectivity index (χ0v) is 12.7. The van der Waals surface area contributed by atoms with Gasteiger partial charge in [-0.05, 0) is 12.8 Å². The van der Waals surface area contributed by atoms with Crippen LogP contribution in [0.3, 0.4) is 0 Å². The second kappa shape index (κ2) is 6.02. The summed E-state index contributed by atoms with van der Waals surface area (Å²) in [6, 6.07) is 7.50. The van der Waals surface area contributed by atoms with Crippen LogP contribution in [0.2, 0.25) is 5.02 Å². The third-order valence-electron chi connectivity index (χ3n) is 4.31. The smallest absolute Gasteiger partial charge is 0.148 e. The summed E-state index contributed by atoms with van der Waals surface area (Å²) in [6.07, 6.45) is 7.06. The van der Waals surface area contributed by atoms with Gasteiger partial charge in [0, 0.05) is 16.8 Å². The van der Waals surface area contributed by atoms with Gasteiger partial charge in [0.1, 0.15) is 22.2 Å². The molecule has 1 saturated carbocycles. The van der Waals surface area contributed by atoms with E-state index in [9.17, 15) is 10.2 Å².